The number of hydrogen-bond donors (Lipinski definition) is 2. The summed E-state index contributed by atoms with van der Waals surface area (Å²) in [6.45, 7) is 1.64. The molecular formula is C14H13Br2N3O2. The van der Waals surface area contributed by atoms with Gasteiger partial charge in [0.25, 0.3) is 5.56 Å². The lowest BCUT2D eigenvalue weighted by Gasteiger charge is -2.11. The SMILES string of the molecule is Cc1c(N)cn(CC(=O)Nc2cccc(Br)c2)c(=O)c1Br. The zero-order valence-electron chi connectivity index (χ0n) is 11.2. The summed E-state index contributed by atoms with van der Waals surface area (Å²) in [7, 11) is 0. The highest BCUT2D eigenvalue weighted by Crippen LogP contribution is 2.18. The first-order valence-corrected chi connectivity index (χ1v) is 7.67. The molecule has 0 aliphatic rings. The Balaban J connectivity index is 2.19. The molecule has 2 rings (SSSR count). The summed E-state index contributed by atoms with van der Waals surface area (Å²) in [6.07, 6.45) is 1.48. The molecule has 0 bridgehead atoms. The molecule has 3 N–H and O–H groups in total. The van der Waals surface area contributed by atoms with Crippen molar-refractivity contribution < 1.29 is 4.79 Å². The molecule has 7 heteroatoms. The predicted molar refractivity (Wildman–Crippen MR) is 90.3 cm³/mol. The number of carbonyl (C=O) groups excluding carboxylic acids is 1. The third kappa shape index (κ3) is 3.74. The number of hydrogen-bond acceptors (Lipinski definition) is 3. The molecule has 0 saturated heterocycles. The van der Waals surface area contributed by atoms with Crippen molar-refractivity contribution >= 4 is 49.1 Å². The molecule has 1 heterocycles. The van der Waals surface area contributed by atoms with E-state index in [1.807, 2.05) is 12.1 Å². The van der Waals surface area contributed by atoms with Crippen molar-refractivity contribution in [2.24, 2.45) is 0 Å². The molecule has 0 aliphatic carbocycles. The van der Waals surface area contributed by atoms with Crippen molar-refractivity contribution in [3.8, 4) is 0 Å². The normalized spacial score (nSPS) is 10.4. The Morgan fingerprint density at radius 3 is 2.76 bits per heavy atom. The van der Waals surface area contributed by atoms with Gasteiger partial charge in [-0.25, -0.2) is 0 Å². The van der Waals surface area contributed by atoms with Gasteiger partial charge in [0, 0.05) is 16.4 Å². The lowest BCUT2D eigenvalue weighted by atomic mass is 10.2. The molecule has 110 valence electrons. The summed E-state index contributed by atoms with van der Waals surface area (Å²) in [5.41, 5.74) is 7.30. The molecule has 0 radical (unpaired) electrons. The van der Waals surface area contributed by atoms with Crippen LogP contribution in [0.3, 0.4) is 0 Å². The van der Waals surface area contributed by atoms with Gasteiger partial charge in [0.15, 0.2) is 0 Å². The molecule has 5 nitrogen and oxygen atoms in total. The van der Waals surface area contributed by atoms with Gasteiger partial charge < -0.3 is 15.6 Å². The number of nitrogens with zero attached hydrogens (tertiary/aromatic N) is 1. The molecule has 0 saturated carbocycles. The number of nitrogens with one attached hydrogen (secondary N) is 1. The monoisotopic (exact) mass is 413 g/mol. The fourth-order valence-corrected chi connectivity index (χ4v) is 2.63. The Kier molecular flexibility index (Phi) is 4.84. The number of benzene rings is 1. The van der Waals surface area contributed by atoms with Crippen LogP contribution in [0.5, 0.6) is 0 Å². The first-order valence-electron chi connectivity index (χ1n) is 6.09. The number of amides is 1. The van der Waals surface area contributed by atoms with Gasteiger partial charge in [0.1, 0.15) is 6.54 Å². The average Bonchev–Trinajstić information content (AvgIpc) is 2.42. The van der Waals surface area contributed by atoms with Crippen LogP contribution in [0.25, 0.3) is 0 Å². The van der Waals surface area contributed by atoms with Crippen LogP contribution in [0, 0.1) is 6.92 Å². The van der Waals surface area contributed by atoms with Crippen LogP contribution in [0.15, 0.2) is 44.2 Å². The minimum absolute atomic E-state index is 0.103. The Morgan fingerprint density at radius 1 is 1.38 bits per heavy atom. The van der Waals surface area contributed by atoms with E-state index in [0.717, 1.165) is 4.47 Å². The van der Waals surface area contributed by atoms with Crippen LogP contribution < -0.4 is 16.6 Å². The number of halogens is 2. The van der Waals surface area contributed by atoms with Gasteiger partial charge in [-0.05, 0) is 46.6 Å². The Bertz CT molecular complexity index is 756. The highest BCUT2D eigenvalue weighted by atomic mass is 79.9. The van der Waals surface area contributed by atoms with Crippen molar-refractivity contribution in [2.75, 3.05) is 11.1 Å². The fourth-order valence-electron chi connectivity index (χ4n) is 1.78. The molecule has 21 heavy (non-hydrogen) atoms. The molecule has 2 aromatic rings. The Morgan fingerprint density at radius 2 is 2.10 bits per heavy atom. The molecule has 0 unspecified atom stereocenters. The largest absolute Gasteiger partial charge is 0.397 e. The van der Waals surface area contributed by atoms with E-state index in [4.69, 9.17) is 5.73 Å². The summed E-state index contributed by atoms with van der Waals surface area (Å²) in [6, 6.07) is 7.22. The highest BCUT2D eigenvalue weighted by molar-refractivity contribution is 9.10. The maximum atomic E-state index is 12.1. The van der Waals surface area contributed by atoms with Crippen LogP contribution in [0.1, 0.15) is 5.56 Å². The molecular weight excluding hydrogens is 402 g/mol. The third-order valence-electron chi connectivity index (χ3n) is 2.93. The van der Waals surface area contributed by atoms with Crippen LogP contribution in [-0.2, 0) is 11.3 Å². The second kappa shape index (κ2) is 6.44. The number of aromatic nitrogens is 1. The average molecular weight is 415 g/mol. The van der Waals surface area contributed by atoms with E-state index in [-0.39, 0.29) is 18.0 Å². The fraction of sp³-hybridized carbons (Fsp3) is 0.143. The van der Waals surface area contributed by atoms with Crippen molar-refractivity contribution in [2.45, 2.75) is 13.5 Å². The minimum Gasteiger partial charge on any atom is -0.397 e. The number of nitrogens with two attached hydrogens (primary N) is 1. The van der Waals surface area contributed by atoms with E-state index in [1.54, 1.807) is 19.1 Å². The first kappa shape index (κ1) is 15.8. The van der Waals surface area contributed by atoms with Crippen LogP contribution in [0.4, 0.5) is 11.4 Å². The Labute approximate surface area is 138 Å². The second-order valence-electron chi connectivity index (χ2n) is 4.52. The van der Waals surface area contributed by atoms with E-state index >= 15 is 0 Å². The molecule has 0 aliphatic heterocycles. The number of pyridine rings is 1. The third-order valence-corrected chi connectivity index (χ3v) is 4.36. The zero-order valence-corrected chi connectivity index (χ0v) is 14.4. The zero-order chi connectivity index (χ0) is 15.6. The van der Waals surface area contributed by atoms with Crippen LogP contribution >= 0.6 is 31.9 Å². The molecule has 0 atom stereocenters. The summed E-state index contributed by atoms with van der Waals surface area (Å²) in [4.78, 5) is 24.1. The van der Waals surface area contributed by atoms with Gasteiger partial charge in [-0.3, -0.25) is 9.59 Å². The second-order valence-corrected chi connectivity index (χ2v) is 6.22. The molecule has 1 aromatic heterocycles. The van der Waals surface area contributed by atoms with Crippen LogP contribution in [0.2, 0.25) is 0 Å². The topological polar surface area (TPSA) is 77.1 Å². The van der Waals surface area contributed by atoms with E-state index in [0.29, 0.717) is 21.4 Å². The molecule has 0 spiro atoms. The Hall–Kier alpha value is -1.60. The number of anilines is 2. The maximum Gasteiger partial charge on any atom is 0.265 e. The van der Waals surface area contributed by atoms with Crippen molar-refractivity contribution in [3.05, 3.63) is 55.3 Å². The van der Waals surface area contributed by atoms with Crippen molar-refractivity contribution in [1.82, 2.24) is 4.57 Å². The summed E-state index contributed by atoms with van der Waals surface area (Å²) in [5, 5.41) is 2.73. The molecule has 1 amide bonds. The van der Waals surface area contributed by atoms with E-state index in [1.165, 1.54) is 10.8 Å². The first-order chi connectivity index (χ1) is 9.88. The van der Waals surface area contributed by atoms with Gasteiger partial charge in [0.2, 0.25) is 5.91 Å². The van der Waals surface area contributed by atoms with E-state index in [2.05, 4.69) is 37.2 Å². The standard InChI is InChI=1S/C14H13Br2N3O2/c1-8-11(17)6-19(14(21)13(8)16)7-12(20)18-10-4-2-3-9(15)5-10/h2-6H,7,17H2,1H3,(H,18,20). The van der Waals surface area contributed by atoms with Gasteiger partial charge in [0.05, 0.1) is 10.2 Å². The van der Waals surface area contributed by atoms with Gasteiger partial charge in [-0.15, -0.1) is 0 Å². The highest BCUT2D eigenvalue weighted by Gasteiger charge is 2.11. The number of carbonyl (C=O) groups is 1. The minimum atomic E-state index is -0.301. The van der Waals surface area contributed by atoms with Crippen molar-refractivity contribution in [3.63, 3.8) is 0 Å². The molecule has 0 fully saturated rings. The van der Waals surface area contributed by atoms with Gasteiger partial charge in [-0.1, -0.05) is 22.0 Å². The quantitative estimate of drug-likeness (QED) is 0.810. The summed E-state index contributed by atoms with van der Waals surface area (Å²) >= 11 is 6.52. The number of nitrogen functional groups attached to an aromatic ring is 1. The van der Waals surface area contributed by atoms with Crippen LogP contribution in [-0.4, -0.2) is 10.5 Å². The van der Waals surface area contributed by atoms with Gasteiger partial charge in [-0.2, -0.15) is 0 Å². The maximum absolute atomic E-state index is 12.1. The number of rotatable bonds is 3. The van der Waals surface area contributed by atoms with E-state index in [9.17, 15) is 9.59 Å². The smallest absolute Gasteiger partial charge is 0.265 e. The molecule has 1 aromatic carbocycles. The van der Waals surface area contributed by atoms with Crippen molar-refractivity contribution in [1.29, 1.82) is 0 Å². The lowest BCUT2D eigenvalue weighted by Crippen LogP contribution is -2.28. The van der Waals surface area contributed by atoms with E-state index < -0.39 is 0 Å². The lowest BCUT2D eigenvalue weighted by molar-refractivity contribution is -0.116. The summed E-state index contributed by atoms with van der Waals surface area (Å²) in [5.74, 6) is -0.301. The van der Waals surface area contributed by atoms with Gasteiger partial charge >= 0.3 is 0 Å². The predicted octanol–water partition coefficient (Wildman–Crippen LogP) is 2.90. The summed E-state index contributed by atoms with van der Waals surface area (Å²) < 4.78 is 2.51.